The van der Waals surface area contributed by atoms with Gasteiger partial charge >= 0.3 is 0 Å². The lowest BCUT2D eigenvalue weighted by Gasteiger charge is -2.39. The number of aliphatic hydroxyl groups is 3. The van der Waals surface area contributed by atoms with Crippen molar-refractivity contribution in [2.75, 3.05) is 14.1 Å². The highest BCUT2D eigenvalue weighted by molar-refractivity contribution is 5.76. The summed E-state index contributed by atoms with van der Waals surface area (Å²) in [6.45, 7) is 1.59. The second-order valence-electron chi connectivity index (χ2n) is 4.34. The van der Waals surface area contributed by atoms with E-state index in [1.54, 1.807) is 21.0 Å². The van der Waals surface area contributed by atoms with Crippen molar-refractivity contribution in [3.63, 3.8) is 0 Å². The van der Waals surface area contributed by atoms with E-state index in [1.807, 2.05) is 0 Å². The van der Waals surface area contributed by atoms with Gasteiger partial charge in [-0.15, -0.1) is 0 Å². The van der Waals surface area contributed by atoms with Gasteiger partial charge in [0.1, 0.15) is 18.3 Å². The van der Waals surface area contributed by atoms with E-state index in [9.17, 15) is 20.1 Å². The lowest BCUT2D eigenvalue weighted by atomic mass is 9.94. The van der Waals surface area contributed by atoms with Gasteiger partial charge in [-0.25, -0.2) is 0 Å². The Morgan fingerprint density at radius 1 is 1.19 bits per heavy atom. The number of nitrogens with zero attached hydrogens (tertiary/aromatic N) is 1. The third kappa shape index (κ3) is 2.70. The van der Waals surface area contributed by atoms with E-state index in [0.717, 1.165) is 0 Å². The molecule has 0 saturated carbocycles. The molecule has 16 heavy (non-hydrogen) atoms. The number of hydrogen-bond acceptors (Lipinski definition) is 5. The minimum absolute atomic E-state index is 0.0116. The van der Waals surface area contributed by atoms with Gasteiger partial charge in [-0.2, -0.15) is 0 Å². The van der Waals surface area contributed by atoms with Crippen LogP contribution in [0.25, 0.3) is 0 Å². The van der Waals surface area contributed by atoms with Gasteiger partial charge in [-0.05, 0) is 6.92 Å². The lowest BCUT2D eigenvalue weighted by Crippen LogP contribution is -2.57. The Hall–Kier alpha value is -0.690. The Kier molecular flexibility index (Phi) is 4.26. The number of carbonyl (C=O) groups excluding carboxylic acids is 1. The van der Waals surface area contributed by atoms with E-state index >= 15 is 0 Å². The average molecular weight is 233 g/mol. The highest BCUT2D eigenvalue weighted by Crippen LogP contribution is 2.23. The summed E-state index contributed by atoms with van der Waals surface area (Å²) in [7, 11) is 3.21. The van der Waals surface area contributed by atoms with E-state index in [2.05, 4.69) is 0 Å². The molecule has 1 fully saturated rings. The fraction of sp³-hybridized carbons (Fsp3) is 0.900. The zero-order valence-corrected chi connectivity index (χ0v) is 9.70. The Morgan fingerprint density at radius 2 is 1.75 bits per heavy atom. The molecule has 0 aliphatic carbocycles. The van der Waals surface area contributed by atoms with Gasteiger partial charge in [0.15, 0.2) is 0 Å². The number of carbonyl (C=O) groups is 1. The normalized spacial score (nSPS) is 39.5. The number of aliphatic hydroxyl groups excluding tert-OH is 3. The van der Waals surface area contributed by atoms with Crippen LogP contribution in [0.15, 0.2) is 0 Å². The summed E-state index contributed by atoms with van der Waals surface area (Å²) in [4.78, 5) is 12.8. The predicted molar refractivity (Wildman–Crippen MR) is 55.7 cm³/mol. The van der Waals surface area contributed by atoms with Crippen LogP contribution in [0.2, 0.25) is 0 Å². The number of amides is 1. The van der Waals surface area contributed by atoms with Crippen molar-refractivity contribution in [2.24, 2.45) is 0 Å². The summed E-state index contributed by atoms with van der Waals surface area (Å²) < 4.78 is 5.29. The number of ether oxygens (including phenoxy) is 1. The minimum atomic E-state index is -1.27. The maximum atomic E-state index is 11.4. The quantitative estimate of drug-likeness (QED) is 0.531. The van der Waals surface area contributed by atoms with Gasteiger partial charge in [0.05, 0.1) is 18.6 Å². The van der Waals surface area contributed by atoms with Crippen molar-refractivity contribution in [1.82, 2.24) is 4.90 Å². The molecule has 94 valence electrons. The van der Waals surface area contributed by atoms with Gasteiger partial charge in [0.25, 0.3) is 0 Å². The monoisotopic (exact) mass is 233 g/mol. The summed E-state index contributed by atoms with van der Waals surface area (Å²) in [5.74, 6) is -0.195. The van der Waals surface area contributed by atoms with Gasteiger partial charge in [0.2, 0.25) is 5.91 Å². The summed E-state index contributed by atoms with van der Waals surface area (Å²) in [5, 5.41) is 28.6. The van der Waals surface area contributed by atoms with E-state index < -0.39 is 30.5 Å². The van der Waals surface area contributed by atoms with Crippen LogP contribution in [0.1, 0.15) is 13.3 Å². The number of rotatable bonds is 2. The first kappa shape index (κ1) is 13.4. The van der Waals surface area contributed by atoms with E-state index in [-0.39, 0.29) is 12.3 Å². The third-order valence-electron chi connectivity index (χ3n) is 2.83. The molecule has 0 spiro atoms. The maximum absolute atomic E-state index is 11.4. The highest BCUT2D eigenvalue weighted by atomic mass is 16.5. The molecule has 1 saturated heterocycles. The van der Waals surface area contributed by atoms with Crippen molar-refractivity contribution in [2.45, 2.75) is 43.9 Å². The topological polar surface area (TPSA) is 90.2 Å². The molecule has 0 aromatic rings. The first-order valence-corrected chi connectivity index (χ1v) is 5.24. The fourth-order valence-electron chi connectivity index (χ4n) is 1.66. The minimum Gasteiger partial charge on any atom is -0.388 e. The molecule has 1 rings (SSSR count). The Balaban J connectivity index is 2.64. The molecule has 6 heteroatoms. The first-order valence-electron chi connectivity index (χ1n) is 5.24. The summed E-state index contributed by atoms with van der Waals surface area (Å²) in [5.41, 5.74) is 0. The highest BCUT2D eigenvalue weighted by Gasteiger charge is 2.42. The van der Waals surface area contributed by atoms with Crippen LogP contribution in [0.5, 0.6) is 0 Å². The number of hydrogen-bond donors (Lipinski definition) is 3. The Bertz CT molecular complexity index is 258. The van der Waals surface area contributed by atoms with Crippen LogP contribution in [0.4, 0.5) is 0 Å². The molecule has 5 atom stereocenters. The van der Waals surface area contributed by atoms with Crippen LogP contribution in [0, 0.1) is 0 Å². The van der Waals surface area contributed by atoms with E-state index in [0.29, 0.717) is 0 Å². The first-order chi connectivity index (χ1) is 7.34. The van der Waals surface area contributed by atoms with Gasteiger partial charge < -0.3 is 25.0 Å². The van der Waals surface area contributed by atoms with Gasteiger partial charge in [-0.1, -0.05) is 0 Å². The van der Waals surface area contributed by atoms with E-state index in [4.69, 9.17) is 4.74 Å². The average Bonchev–Trinajstić information content (AvgIpc) is 2.22. The van der Waals surface area contributed by atoms with Crippen LogP contribution >= 0.6 is 0 Å². The van der Waals surface area contributed by atoms with Crippen LogP contribution in [0.3, 0.4) is 0 Å². The van der Waals surface area contributed by atoms with Gasteiger partial charge in [-0.3, -0.25) is 4.79 Å². The van der Waals surface area contributed by atoms with E-state index in [1.165, 1.54) is 4.90 Å². The zero-order valence-electron chi connectivity index (χ0n) is 9.70. The van der Waals surface area contributed by atoms with Crippen molar-refractivity contribution >= 4 is 5.91 Å². The molecule has 0 aromatic heterocycles. The van der Waals surface area contributed by atoms with Crippen molar-refractivity contribution in [3.8, 4) is 0 Å². The van der Waals surface area contributed by atoms with Crippen molar-refractivity contribution in [1.29, 1.82) is 0 Å². The molecule has 3 N–H and O–H groups in total. The fourth-order valence-corrected chi connectivity index (χ4v) is 1.66. The smallest absolute Gasteiger partial charge is 0.224 e. The molecule has 0 bridgehead atoms. The summed E-state index contributed by atoms with van der Waals surface area (Å²) in [6, 6.07) is 0. The van der Waals surface area contributed by atoms with Crippen LogP contribution in [-0.2, 0) is 9.53 Å². The maximum Gasteiger partial charge on any atom is 0.224 e. The summed E-state index contributed by atoms with van der Waals surface area (Å²) >= 11 is 0. The molecule has 1 aliphatic rings. The Labute approximate surface area is 94.4 Å². The molecule has 0 aromatic carbocycles. The lowest BCUT2D eigenvalue weighted by molar-refractivity contribution is -0.218. The molecule has 1 aliphatic heterocycles. The Morgan fingerprint density at radius 3 is 2.25 bits per heavy atom. The van der Waals surface area contributed by atoms with Crippen molar-refractivity contribution in [3.05, 3.63) is 0 Å². The molecule has 0 radical (unpaired) electrons. The van der Waals surface area contributed by atoms with Crippen LogP contribution < -0.4 is 0 Å². The van der Waals surface area contributed by atoms with Gasteiger partial charge in [0, 0.05) is 14.1 Å². The second-order valence-corrected chi connectivity index (χ2v) is 4.34. The molecule has 1 unspecified atom stereocenters. The molecule has 6 nitrogen and oxygen atoms in total. The second kappa shape index (κ2) is 5.09. The van der Waals surface area contributed by atoms with Crippen molar-refractivity contribution < 1.29 is 24.9 Å². The zero-order chi connectivity index (χ0) is 12.5. The molecule has 1 amide bonds. The largest absolute Gasteiger partial charge is 0.388 e. The summed E-state index contributed by atoms with van der Waals surface area (Å²) in [6.07, 6.45) is -5.02. The predicted octanol–water partition coefficient (Wildman–Crippen LogP) is -1.67. The molecular formula is C10H19NO5. The van der Waals surface area contributed by atoms with Crippen LogP contribution in [-0.4, -0.2) is 70.7 Å². The standard InChI is InChI=1S/C10H19NO5/c1-5-8(13)10(15)9(14)6(16-5)4-7(12)11(2)3/h5-6,8-10,13-15H,4H2,1-3H3/t5-,6?,8-,9-,10+/m0/s1. The molecule has 1 heterocycles. The SMILES string of the molecule is C[C@@H]1OC(CC(=O)N(C)C)[C@H](O)[C@H](O)[C@H]1O. The third-order valence-corrected chi connectivity index (χ3v) is 2.83. The molecular weight excluding hydrogens is 214 g/mol.